The number of alkyl halides is 3. The summed E-state index contributed by atoms with van der Waals surface area (Å²) in [5, 5.41) is 5.69. The number of rotatable bonds is 5. The fourth-order valence-corrected chi connectivity index (χ4v) is 3.02. The zero-order valence-electron chi connectivity index (χ0n) is 11.9. The van der Waals surface area contributed by atoms with Crippen LogP contribution >= 0.6 is 11.3 Å². The van der Waals surface area contributed by atoms with Gasteiger partial charge in [-0.1, -0.05) is 25.1 Å². The van der Waals surface area contributed by atoms with E-state index in [1.807, 2.05) is 19.2 Å². The van der Waals surface area contributed by atoms with Crippen LogP contribution in [-0.2, 0) is 6.18 Å². The minimum atomic E-state index is -4.37. The lowest BCUT2D eigenvalue weighted by Crippen LogP contribution is -2.25. The van der Waals surface area contributed by atoms with Gasteiger partial charge >= 0.3 is 6.18 Å². The molecule has 2 nitrogen and oxygen atoms in total. The van der Waals surface area contributed by atoms with E-state index in [9.17, 15) is 13.2 Å². The molecule has 0 spiro atoms. The van der Waals surface area contributed by atoms with E-state index < -0.39 is 17.8 Å². The average molecular weight is 314 g/mol. The van der Waals surface area contributed by atoms with Crippen molar-refractivity contribution in [3.8, 4) is 0 Å². The molecule has 2 aromatic rings. The van der Waals surface area contributed by atoms with Crippen LogP contribution in [0.15, 0.2) is 29.6 Å². The van der Waals surface area contributed by atoms with Gasteiger partial charge in [-0.05, 0) is 31.5 Å². The summed E-state index contributed by atoms with van der Waals surface area (Å²) in [6, 6.07) is 5.16. The highest BCUT2D eigenvalue weighted by Gasteiger charge is 2.35. The summed E-state index contributed by atoms with van der Waals surface area (Å²) >= 11 is 1.38. The highest BCUT2D eigenvalue weighted by atomic mass is 32.1. The van der Waals surface area contributed by atoms with Crippen LogP contribution in [0, 0.1) is 6.92 Å². The van der Waals surface area contributed by atoms with Crippen molar-refractivity contribution in [3.63, 3.8) is 0 Å². The Kier molecular flexibility index (Phi) is 5.00. The first-order valence-corrected chi connectivity index (χ1v) is 7.63. The Morgan fingerprint density at radius 1 is 1.29 bits per heavy atom. The molecular weight excluding hydrogens is 297 g/mol. The van der Waals surface area contributed by atoms with Crippen molar-refractivity contribution in [3.05, 3.63) is 51.5 Å². The summed E-state index contributed by atoms with van der Waals surface area (Å²) in [4.78, 5) is 4.35. The van der Waals surface area contributed by atoms with Gasteiger partial charge in [0.15, 0.2) is 0 Å². The predicted octanol–water partition coefficient (Wildman–Crippen LogP) is 4.56. The van der Waals surface area contributed by atoms with Gasteiger partial charge in [0.25, 0.3) is 0 Å². The fraction of sp³-hybridized carbons (Fsp3) is 0.400. The molecule has 1 aromatic heterocycles. The van der Waals surface area contributed by atoms with E-state index in [0.29, 0.717) is 11.6 Å². The fourth-order valence-electron chi connectivity index (χ4n) is 2.13. The maximum atomic E-state index is 13.2. The van der Waals surface area contributed by atoms with Crippen LogP contribution in [0.4, 0.5) is 13.2 Å². The van der Waals surface area contributed by atoms with E-state index in [1.54, 1.807) is 6.07 Å². The first-order valence-electron chi connectivity index (χ1n) is 6.75. The second-order valence-electron chi connectivity index (χ2n) is 4.80. The van der Waals surface area contributed by atoms with Crippen LogP contribution in [0.2, 0.25) is 0 Å². The zero-order valence-corrected chi connectivity index (χ0v) is 12.7. The summed E-state index contributed by atoms with van der Waals surface area (Å²) < 4.78 is 39.6. The van der Waals surface area contributed by atoms with Crippen molar-refractivity contribution < 1.29 is 13.2 Å². The Morgan fingerprint density at radius 2 is 2.00 bits per heavy atom. The molecule has 0 aliphatic carbocycles. The lowest BCUT2D eigenvalue weighted by molar-refractivity contribution is -0.138. The SMILES string of the molecule is CCCNC(c1nc(C)cs1)c1ccccc1C(F)(F)F. The number of hydrogen-bond donors (Lipinski definition) is 1. The second-order valence-corrected chi connectivity index (χ2v) is 5.69. The Hall–Kier alpha value is -1.40. The number of thiazole rings is 1. The molecule has 1 aromatic carbocycles. The third-order valence-electron chi connectivity index (χ3n) is 3.06. The minimum Gasteiger partial charge on any atom is -0.304 e. The van der Waals surface area contributed by atoms with Gasteiger partial charge in [-0.25, -0.2) is 4.98 Å². The average Bonchev–Trinajstić information content (AvgIpc) is 2.85. The molecule has 1 unspecified atom stereocenters. The van der Waals surface area contributed by atoms with Gasteiger partial charge in [0.1, 0.15) is 5.01 Å². The molecule has 0 amide bonds. The third-order valence-corrected chi connectivity index (χ3v) is 4.09. The van der Waals surface area contributed by atoms with Crippen molar-refractivity contribution in [1.29, 1.82) is 0 Å². The number of nitrogens with one attached hydrogen (secondary N) is 1. The lowest BCUT2D eigenvalue weighted by Gasteiger charge is -2.21. The van der Waals surface area contributed by atoms with Crippen LogP contribution in [0.5, 0.6) is 0 Å². The van der Waals surface area contributed by atoms with Crippen molar-refractivity contribution in [2.75, 3.05) is 6.54 Å². The minimum absolute atomic E-state index is 0.229. The molecule has 6 heteroatoms. The molecule has 0 radical (unpaired) electrons. The molecule has 21 heavy (non-hydrogen) atoms. The third kappa shape index (κ3) is 3.83. The largest absolute Gasteiger partial charge is 0.416 e. The number of benzene rings is 1. The van der Waals surface area contributed by atoms with Crippen LogP contribution < -0.4 is 5.32 Å². The molecule has 0 saturated heterocycles. The first kappa shape index (κ1) is 16.0. The van der Waals surface area contributed by atoms with Gasteiger partial charge in [-0.2, -0.15) is 13.2 Å². The molecule has 0 bridgehead atoms. The standard InChI is InChI=1S/C15H17F3N2S/c1-3-8-19-13(14-20-10(2)9-21-14)11-6-4-5-7-12(11)15(16,17)18/h4-7,9,13,19H,3,8H2,1-2H3. The number of hydrogen-bond acceptors (Lipinski definition) is 3. The maximum absolute atomic E-state index is 13.2. The van der Waals surface area contributed by atoms with Gasteiger partial charge < -0.3 is 5.32 Å². The number of aryl methyl sites for hydroxylation is 1. The van der Waals surface area contributed by atoms with Gasteiger partial charge in [0.2, 0.25) is 0 Å². The molecular formula is C15H17F3N2S. The smallest absolute Gasteiger partial charge is 0.304 e. The van der Waals surface area contributed by atoms with Gasteiger partial charge in [-0.15, -0.1) is 11.3 Å². The molecule has 1 N–H and O–H groups in total. The van der Waals surface area contributed by atoms with E-state index in [-0.39, 0.29) is 5.56 Å². The summed E-state index contributed by atoms with van der Waals surface area (Å²) in [5.41, 5.74) is 0.446. The number of aromatic nitrogens is 1. The van der Waals surface area contributed by atoms with Crippen molar-refractivity contribution in [2.45, 2.75) is 32.5 Å². The Morgan fingerprint density at radius 3 is 2.57 bits per heavy atom. The van der Waals surface area contributed by atoms with Crippen molar-refractivity contribution in [2.24, 2.45) is 0 Å². The molecule has 0 fully saturated rings. The molecule has 114 valence electrons. The van der Waals surface area contributed by atoms with E-state index in [1.165, 1.54) is 23.5 Å². The molecule has 1 heterocycles. The van der Waals surface area contributed by atoms with Crippen LogP contribution in [0.25, 0.3) is 0 Å². The van der Waals surface area contributed by atoms with Crippen molar-refractivity contribution >= 4 is 11.3 Å². The highest BCUT2D eigenvalue weighted by Crippen LogP contribution is 2.37. The molecule has 0 aliphatic heterocycles. The highest BCUT2D eigenvalue weighted by molar-refractivity contribution is 7.09. The molecule has 2 rings (SSSR count). The predicted molar refractivity (Wildman–Crippen MR) is 78.4 cm³/mol. The Bertz CT molecular complexity index is 593. The summed E-state index contributed by atoms with van der Waals surface area (Å²) in [6.45, 7) is 4.45. The van der Waals surface area contributed by atoms with Crippen LogP contribution in [0.3, 0.4) is 0 Å². The Balaban J connectivity index is 2.46. The van der Waals surface area contributed by atoms with E-state index in [4.69, 9.17) is 0 Å². The summed E-state index contributed by atoms with van der Waals surface area (Å²) in [7, 11) is 0. The zero-order chi connectivity index (χ0) is 15.5. The lowest BCUT2D eigenvalue weighted by atomic mass is 10.00. The quantitative estimate of drug-likeness (QED) is 0.875. The maximum Gasteiger partial charge on any atom is 0.416 e. The molecule has 0 aliphatic rings. The molecule has 0 saturated carbocycles. The van der Waals surface area contributed by atoms with Gasteiger partial charge in [0.05, 0.1) is 11.6 Å². The van der Waals surface area contributed by atoms with Gasteiger partial charge in [0, 0.05) is 11.1 Å². The van der Waals surface area contributed by atoms with Crippen LogP contribution in [0.1, 0.15) is 41.2 Å². The van der Waals surface area contributed by atoms with E-state index in [0.717, 1.165) is 18.2 Å². The van der Waals surface area contributed by atoms with E-state index in [2.05, 4.69) is 10.3 Å². The monoisotopic (exact) mass is 314 g/mol. The van der Waals surface area contributed by atoms with Crippen molar-refractivity contribution in [1.82, 2.24) is 10.3 Å². The van der Waals surface area contributed by atoms with Crippen LogP contribution in [-0.4, -0.2) is 11.5 Å². The van der Waals surface area contributed by atoms with Gasteiger partial charge in [-0.3, -0.25) is 0 Å². The summed E-state index contributed by atoms with van der Waals surface area (Å²) in [5.74, 6) is 0. The first-order chi connectivity index (χ1) is 9.93. The normalized spacial score (nSPS) is 13.4. The number of halogens is 3. The number of nitrogens with zero attached hydrogens (tertiary/aromatic N) is 1. The Labute approximate surface area is 126 Å². The summed E-state index contributed by atoms with van der Waals surface area (Å²) in [6.07, 6.45) is -3.52. The second kappa shape index (κ2) is 6.58. The topological polar surface area (TPSA) is 24.9 Å². The van der Waals surface area contributed by atoms with E-state index >= 15 is 0 Å². The molecule has 1 atom stereocenters.